The zero-order chi connectivity index (χ0) is 28.1. The van der Waals surface area contributed by atoms with Crippen LogP contribution in [-0.2, 0) is 0 Å². The highest BCUT2D eigenvalue weighted by molar-refractivity contribution is 5.97. The van der Waals surface area contributed by atoms with E-state index in [1.807, 2.05) is 6.92 Å². The van der Waals surface area contributed by atoms with Gasteiger partial charge in [-0.2, -0.15) is 0 Å². The lowest BCUT2D eigenvalue weighted by Crippen LogP contribution is -2.50. The van der Waals surface area contributed by atoms with E-state index < -0.39 is 29.7 Å². The molecule has 0 aliphatic carbocycles. The van der Waals surface area contributed by atoms with Crippen LogP contribution in [0.15, 0.2) is 60.8 Å². The van der Waals surface area contributed by atoms with E-state index >= 15 is 0 Å². The second kappa shape index (κ2) is 12.0. The summed E-state index contributed by atoms with van der Waals surface area (Å²) < 4.78 is 34.0. The molecule has 7 nitrogen and oxygen atoms in total. The van der Waals surface area contributed by atoms with Crippen molar-refractivity contribution >= 4 is 11.8 Å². The Hall–Kier alpha value is -4.29. The van der Waals surface area contributed by atoms with Gasteiger partial charge in [-0.3, -0.25) is 9.59 Å². The smallest absolute Gasteiger partial charge is 0.259 e. The molecule has 0 spiro atoms. The lowest BCUT2D eigenvalue weighted by atomic mass is 9.99. The van der Waals surface area contributed by atoms with Gasteiger partial charge in [0.25, 0.3) is 11.8 Å². The molecular weight excluding hydrogens is 504 g/mol. The van der Waals surface area contributed by atoms with Crippen LogP contribution in [0.1, 0.15) is 45.7 Å². The summed E-state index contributed by atoms with van der Waals surface area (Å²) >= 11 is 0. The van der Waals surface area contributed by atoms with Gasteiger partial charge in [0.2, 0.25) is 5.88 Å². The van der Waals surface area contributed by atoms with Crippen molar-refractivity contribution in [3.8, 4) is 17.7 Å². The summed E-state index contributed by atoms with van der Waals surface area (Å²) in [5, 5.41) is 9.84. The number of fused-ring (bicyclic) bond motifs is 1. The molecule has 3 aromatic rings. The Kier molecular flexibility index (Phi) is 8.57. The molecule has 2 aromatic carbocycles. The number of likely N-dealkylation sites (N-methyl/N-ethyl adjacent to an activating group) is 1. The number of amides is 2. The van der Waals surface area contributed by atoms with E-state index in [0.29, 0.717) is 11.1 Å². The maximum atomic E-state index is 14.2. The topological polar surface area (TPSA) is 83.0 Å². The minimum atomic E-state index is -0.617. The molecule has 2 amide bonds. The maximum Gasteiger partial charge on any atom is 0.259 e. The van der Waals surface area contributed by atoms with Crippen LogP contribution in [0.3, 0.4) is 0 Å². The van der Waals surface area contributed by atoms with E-state index in [1.165, 1.54) is 41.4 Å². The summed E-state index contributed by atoms with van der Waals surface area (Å²) in [5.74, 6) is 3.66. The summed E-state index contributed by atoms with van der Waals surface area (Å²) in [6.07, 6.45) is 0.859. The summed E-state index contributed by atoms with van der Waals surface area (Å²) in [5.41, 5.74) is 0.991. The van der Waals surface area contributed by atoms with Gasteiger partial charge in [0.15, 0.2) is 0 Å². The van der Waals surface area contributed by atoms with Crippen LogP contribution in [0.2, 0.25) is 0 Å². The molecule has 0 saturated carbocycles. The second-order valence-corrected chi connectivity index (χ2v) is 9.63. The molecule has 3 atom stereocenters. The average Bonchev–Trinajstić information content (AvgIpc) is 2.93. The standard InChI is InChI=1S/C30H29F2N3O4/c1-19-16-35(20(2)18-36)30(38)25-14-22(12-11-21-7-6-8-23(31)13-21)15-33-28(25)39-27(19)17-34(3)29(37)24-9-4-5-10-26(24)32/h4-10,13-15,19-20,27,36H,16-18H2,1-3H3/t19-,20-,27-/m1/s1. The first-order valence-corrected chi connectivity index (χ1v) is 12.5. The number of aliphatic hydroxyl groups excluding tert-OH is 1. The number of carbonyl (C=O) groups excluding carboxylic acids is 2. The normalized spacial score (nSPS) is 17.6. The zero-order valence-corrected chi connectivity index (χ0v) is 21.9. The van der Waals surface area contributed by atoms with E-state index in [0.717, 1.165) is 0 Å². The molecule has 1 aliphatic heterocycles. The number of benzene rings is 2. The highest BCUT2D eigenvalue weighted by atomic mass is 19.1. The van der Waals surface area contributed by atoms with Gasteiger partial charge in [0.1, 0.15) is 23.3 Å². The summed E-state index contributed by atoms with van der Waals surface area (Å²) in [7, 11) is 1.56. The molecule has 2 heterocycles. The van der Waals surface area contributed by atoms with Gasteiger partial charge in [-0.15, -0.1) is 0 Å². The van der Waals surface area contributed by atoms with Gasteiger partial charge in [-0.25, -0.2) is 13.8 Å². The van der Waals surface area contributed by atoms with Gasteiger partial charge in [0, 0.05) is 36.8 Å². The van der Waals surface area contributed by atoms with Crippen LogP contribution in [0, 0.1) is 29.4 Å². The van der Waals surface area contributed by atoms with Crippen molar-refractivity contribution in [1.82, 2.24) is 14.8 Å². The Bertz CT molecular complexity index is 1430. The highest BCUT2D eigenvalue weighted by Gasteiger charge is 2.35. The Morgan fingerprint density at radius 3 is 2.64 bits per heavy atom. The zero-order valence-electron chi connectivity index (χ0n) is 21.9. The van der Waals surface area contributed by atoms with Crippen molar-refractivity contribution in [3.05, 3.63) is 94.7 Å². The molecule has 0 saturated heterocycles. The molecule has 0 fully saturated rings. The summed E-state index contributed by atoms with van der Waals surface area (Å²) in [6.45, 7) is 3.70. The summed E-state index contributed by atoms with van der Waals surface area (Å²) in [6, 6.07) is 12.7. The Morgan fingerprint density at radius 2 is 1.92 bits per heavy atom. The number of rotatable bonds is 5. The minimum Gasteiger partial charge on any atom is -0.472 e. The first-order valence-electron chi connectivity index (χ1n) is 12.5. The number of aliphatic hydroxyl groups is 1. The van der Waals surface area contributed by atoms with Gasteiger partial charge >= 0.3 is 0 Å². The molecule has 1 aromatic heterocycles. The van der Waals surface area contributed by atoms with Crippen molar-refractivity contribution in [3.63, 3.8) is 0 Å². The number of halogens is 2. The quantitative estimate of drug-likeness (QED) is 0.506. The fourth-order valence-corrected chi connectivity index (χ4v) is 4.29. The van der Waals surface area contributed by atoms with E-state index in [9.17, 15) is 23.5 Å². The van der Waals surface area contributed by atoms with Crippen molar-refractivity contribution in [2.75, 3.05) is 26.7 Å². The molecular formula is C30H29F2N3O4. The van der Waals surface area contributed by atoms with Gasteiger partial charge in [0.05, 0.1) is 24.8 Å². The number of pyridine rings is 1. The van der Waals surface area contributed by atoms with E-state index in [2.05, 4.69) is 16.8 Å². The van der Waals surface area contributed by atoms with E-state index in [-0.39, 0.29) is 48.5 Å². The van der Waals surface area contributed by atoms with Crippen LogP contribution in [0.25, 0.3) is 0 Å². The van der Waals surface area contributed by atoms with Crippen molar-refractivity contribution in [1.29, 1.82) is 0 Å². The average molecular weight is 534 g/mol. The highest BCUT2D eigenvalue weighted by Crippen LogP contribution is 2.27. The molecule has 1 N–H and O–H groups in total. The molecule has 4 rings (SSSR count). The van der Waals surface area contributed by atoms with E-state index in [1.54, 1.807) is 43.1 Å². The van der Waals surface area contributed by atoms with Gasteiger partial charge in [-0.05, 0) is 43.3 Å². The molecule has 0 radical (unpaired) electrons. The molecule has 0 unspecified atom stereocenters. The third kappa shape index (κ3) is 6.41. The van der Waals surface area contributed by atoms with Crippen LogP contribution in [0.5, 0.6) is 5.88 Å². The lowest BCUT2D eigenvalue weighted by molar-refractivity contribution is 0.0312. The number of ether oxygens (including phenoxy) is 1. The Balaban J connectivity index is 1.66. The summed E-state index contributed by atoms with van der Waals surface area (Å²) in [4.78, 5) is 33.8. The number of hydrogen-bond acceptors (Lipinski definition) is 5. The first-order chi connectivity index (χ1) is 18.7. The van der Waals surface area contributed by atoms with Crippen LogP contribution in [0.4, 0.5) is 8.78 Å². The minimum absolute atomic E-state index is 0.0516. The third-order valence-electron chi connectivity index (χ3n) is 6.60. The largest absolute Gasteiger partial charge is 0.472 e. The monoisotopic (exact) mass is 533 g/mol. The predicted molar refractivity (Wildman–Crippen MR) is 141 cm³/mol. The maximum absolute atomic E-state index is 14.2. The fourth-order valence-electron chi connectivity index (χ4n) is 4.29. The molecule has 1 aliphatic rings. The molecule has 0 bridgehead atoms. The SMILES string of the molecule is C[C@@H]1CN([C@H](C)CO)C(=O)c2cc(C#Cc3cccc(F)c3)cnc2O[C@@H]1CN(C)C(=O)c1ccccc1F. The van der Waals surface area contributed by atoms with Gasteiger partial charge in [-0.1, -0.05) is 37.0 Å². The number of aromatic nitrogens is 1. The Labute approximate surface area is 226 Å². The molecule has 202 valence electrons. The first kappa shape index (κ1) is 27.7. The van der Waals surface area contributed by atoms with Crippen LogP contribution >= 0.6 is 0 Å². The fraction of sp³-hybridized carbons (Fsp3) is 0.300. The third-order valence-corrected chi connectivity index (χ3v) is 6.60. The molecule has 39 heavy (non-hydrogen) atoms. The van der Waals surface area contributed by atoms with Crippen molar-refractivity contribution < 1.29 is 28.2 Å². The number of carbonyl (C=O) groups is 2. The molecule has 9 heteroatoms. The van der Waals surface area contributed by atoms with Crippen LogP contribution < -0.4 is 4.74 Å². The number of hydrogen-bond donors (Lipinski definition) is 1. The van der Waals surface area contributed by atoms with Crippen molar-refractivity contribution in [2.24, 2.45) is 5.92 Å². The van der Waals surface area contributed by atoms with Crippen LogP contribution in [-0.4, -0.2) is 70.6 Å². The predicted octanol–water partition coefficient (Wildman–Crippen LogP) is 3.75. The number of nitrogens with zero attached hydrogens (tertiary/aromatic N) is 3. The van der Waals surface area contributed by atoms with E-state index in [4.69, 9.17) is 4.74 Å². The van der Waals surface area contributed by atoms with Gasteiger partial charge < -0.3 is 19.6 Å². The van der Waals surface area contributed by atoms with Crippen molar-refractivity contribution in [2.45, 2.75) is 26.0 Å². The Morgan fingerprint density at radius 1 is 1.18 bits per heavy atom. The second-order valence-electron chi connectivity index (χ2n) is 9.63. The lowest BCUT2D eigenvalue weighted by Gasteiger charge is -2.37.